The minimum atomic E-state index is 0.325. The monoisotopic (exact) mass is 249 g/mol. The number of aliphatic imine (C=N–C) groups is 1. The molecule has 5 nitrogen and oxygen atoms in total. The van der Waals surface area contributed by atoms with E-state index in [1.54, 1.807) is 6.92 Å². The Morgan fingerprint density at radius 2 is 1.72 bits per heavy atom. The van der Waals surface area contributed by atoms with Crippen molar-refractivity contribution in [1.29, 1.82) is 5.41 Å². The average molecular weight is 249 g/mol. The van der Waals surface area contributed by atoms with Crippen molar-refractivity contribution in [3.8, 4) is 0 Å². The van der Waals surface area contributed by atoms with Gasteiger partial charge in [0.2, 0.25) is 5.96 Å². The Balaban J connectivity index is 2.18. The number of hydrogen-bond acceptors (Lipinski definition) is 2. The molecule has 2 bridgehead atoms. The van der Waals surface area contributed by atoms with E-state index in [9.17, 15) is 0 Å². The van der Waals surface area contributed by atoms with E-state index in [1.807, 2.05) is 13.8 Å². The molecule has 0 aromatic rings. The lowest BCUT2D eigenvalue weighted by Crippen LogP contribution is -2.49. The number of hydrogen-bond donors (Lipinski definition) is 2. The van der Waals surface area contributed by atoms with Gasteiger partial charge >= 0.3 is 0 Å². The minimum Gasteiger partial charge on any atom is -0.335 e. The summed E-state index contributed by atoms with van der Waals surface area (Å²) in [6.45, 7) is 5.61. The fourth-order valence-corrected chi connectivity index (χ4v) is 2.92. The zero-order valence-corrected chi connectivity index (χ0v) is 11.5. The number of amidine groups is 1. The lowest BCUT2D eigenvalue weighted by molar-refractivity contribution is 0.229. The van der Waals surface area contributed by atoms with Gasteiger partial charge in [-0.05, 0) is 52.9 Å². The first-order valence-corrected chi connectivity index (χ1v) is 6.77. The normalized spacial score (nSPS) is 27.1. The SMILES string of the molecule is CC(=N)/N=C(\NN=C(C)C)N1C2CCC[C@@H]1CC2. The third-order valence-corrected chi connectivity index (χ3v) is 3.59. The summed E-state index contributed by atoms with van der Waals surface area (Å²) >= 11 is 0. The summed E-state index contributed by atoms with van der Waals surface area (Å²) in [5, 5.41) is 11.8. The van der Waals surface area contributed by atoms with Crippen LogP contribution >= 0.6 is 0 Å². The molecular weight excluding hydrogens is 226 g/mol. The summed E-state index contributed by atoms with van der Waals surface area (Å²) in [4.78, 5) is 6.68. The molecule has 2 fully saturated rings. The summed E-state index contributed by atoms with van der Waals surface area (Å²) in [6.07, 6.45) is 6.29. The van der Waals surface area contributed by atoms with Gasteiger partial charge in [0.25, 0.3) is 0 Å². The van der Waals surface area contributed by atoms with E-state index >= 15 is 0 Å². The highest BCUT2D eigenvalue weighted by Gasteiger charge is 2.38. The molecule has 2 N–H and O–H groups in total. The van der Waals surface area contributed by atoms with Gasteiger partial charge in [0.1, 0.15) is 5.84 Å². The Labute approximate surface area is 109 Å². The number of piperidine rings is 1. The van der Waals surface area contributed by atoms with Gasteiger partial charge in [0.15, 0.2) is 0 Å². The molecule has 2 atom stereocenters. The Kier molecular flexibility index (Phi) is 3.99. The van der Waals surface area contributed by atoms with Crippen molar-refractivity contribution in [2.24, 2.45) is 10.1 Å². The molecule has 0 aromatic heterocycles. The maximum Gasteiger partial charge on any atom is 0.221 e. The number of nitrogens with zero attached hydrogens (tertiary/aromatic N) is 3. The van der Waals surface area contributed by atoms with Crippen molar-refractivity contribution in [2.45, 2.75) is 65.0 Å². The van der Waals surface area contributed by atoms with E-state index < -0.39 is 0 Å². The van der Waals surface area contributed by atoms with Crippen LogP contribution in [0.5, 0.6) is 0 Å². The molecule has 0 saturated carbocycles. The first kappa shape index (κ1) is 13.1. The first-order chi connectivity index (χ1) is 8.58. The topological polar surface area (TPSA) is 63.8 Å². The number of guanidine groups is 1. The molecule has 0 aromatic carbocycles. The van der Waals surface area contributed by atoms with Gasteiger partial charge < -0.3 is 4.90 Å². The second kappa shape index (κ2) is 5.50. The van der Waals surface area contributed by atoms with Crippen LogP contribution < -0.4 is 5.43 Å². The average Bonchev–Trinajstić information content (AvgIpc) is 2.54. The highest BCUT2D eigenvalue weighted by atomic mass is 15.5. The van der Waals surface area contributed by atoms with Gasteiger partial charge in [0.05, 0.1) is 0 Å². The number of fused-ring (bicyclic) bond motifs is 2. The Bertz CT molecular complexity index is 365. The van der Waals surface area contributed by atoms with Crippen LogP contribution in [0, 0.1) is 5.41 Å². The summed E-state index contributed by atoms with van der Waals surface area (Å²) in [5.41, 5.74) is 4.01. The third kappa shape index (κ3) is 2.89. The van der Waals surface area contributed by atoms with Crippen LogP contribution in [-0.2, 0) is 0 Å². The zero-order valence-electron chi connectivity index (χ0n) is 11.5. The Morgan fingerprint density at radius 1 is 1.11 bits per heavy atom. The molecule has 5 heteroatoms. The zero-order chi connectivity index (χ0) is 13.1. The van der Waals surface area contributed by atoms with Crippen LogP contribution in [0.15, 0.2) is 10.1 Å². The third-order valence-electron chi connectivity index (χ3n) is 3.59. The second-order valence-corrected chi connectivity index (χ2v) is 5.41. The molecule has 1 unspecified atom stereocenters. The van der Waals surface area contributed by atoms with Gasteiger partial charge in [0, 0.05) is 17.8 Å². The van der Waals surface area contributed by atoms with Crippen LogP contribution in [0.2, 0.25) is 0 Å². The molecule has 0 spiro atoms. The van der Waals surface area contributed by atoms with Crippen molar-refractivity contribution < 1.29 is 0 Å². The van der Waals surface area contributed by atoms with Crippen LogP contribution in [0.1, 0.15) is 52.9 Å². The Hall–Kier alpha value is -1.39. The molecule has 0 radical (unpaired) electrons. The van der Waals surface area contributed by atoms with Crippen molar-refractivity contribution in [3.05, 3.63) is 0 Å². The van der Waals surface area contributed by atoms with Crippen LogP contribution in [0.3, 0.4) is 0 Å². The number of nitrogens with one attached hydrogen (secondary N) is 2. The smallest absolute Gasteiger partial charge is 0.221 e. The van der Waals surface area contributed by atoms with E-state index in [0.29, 0.717) is 17.9 Å². The lowest BCUT2D eigenvalue weighted by Gasteiger charge is -2.36. The van der Waals surface area contributed by atoms with E-state index in [1.165, 1.54) is 32.1 Å². The largest absolute Gasteiger partial charge is 0.335 e. The molecule has 0 aliphatic carbocycles. The van der Waals surface area contributed by atoms with Gasteiger partial charge in [-0.15, -0.1) is 0 Å². The molecule has 100 valence electrons. The fourth-order valence-electron chi connectivity index (χ4n) is 2.92. The molecule has 2 saturated heterocycles. The van der Waals surface area contributed by atoms with Crippen LogP contribution in [-0.4, -0.2) is 34.5 Å². The van der Waals surface area contributed by atoms with Crippen molar-refractivity contribution in [3.63, 3.8) is 0 Å². The molecule has 2 heterocycles. The molecule has 18 heavy (non-hydrogen) atoms. The fraction of sp³-hybridized carbons (Fsp3) is 0.769. The second-order valence-electron chi connectivity index (χ2n) is 5.41. The first-order valence-electron chi connectivity index (χ1n) is 6.77. The summed E-state index contributed by atoms with van der Waals surface area (Å²) < 4.78 is 0. The molecule has 2 aliphatic rings. The summed E-state index contributed by atoms with van der Waals surface area (Å²) in [7, 11) is 0. The summed E-state index contributed by atoms with van der Waals surface area (Å²) in [5.74, 6) is 1.09. The number of rotatable bonds is 1. The van der Waals surface area contributed by atoms with Crippen molar-refractivity contribution >= 4 is 17.5 Å². The minimum absolute atomic E-state index is 0.325. The number of hydrazone groups is 1. The van der Waals surface area contributed by atoms with Gasteiger partial charge in [-0.25, -0.2) is 5.43 Å². The predicted molar refractivity (Wildman–Crippen MR) is 75.3 cm³/mol. The predicted octanol–water partition coefficient (Wildman–Crippen LogP) is 2.34. The van der Waals surface area contributed by atoms with E-state index in [2.05, 4.69) is 20.4 Å². The van der Waals surface area contributed by atoms with Crippen LogP contribution in [0.4, 0.5) is 0 Å². The Morgan fingerprint density at radius 3 is 2.22 bits per heavy atom. The highest BCUT2D eigenvalue weighted by Crippen LogP contribution is 2.35. The van der Waals surface area contributed by atoms with Gasteiger partial charge in [-0.2, -0.15) is 10.1 Å². The molecule has 2 aliphatic heterocycles. The maximum absolute atomic E-state index is 7.58. The maximum atomic E-state index is 7.58. The van der Waals surface area contributed by atoms with Crippen molar-refractivity contribution in [1.82, 2.24) is 10.3 Å². The molecular formula is C13H23N5. The van der Waals surface area contributed by atoms with E-state index in [-0.39, 0.29) is 0 Å². The van der Waals surface area contributed by atoms with Gasteiger partial charge in [-0.1, -0.05) is 0 Å². The van der Waals surface area contributed by atoms with Crippen molar-refractivity contribution in [2.75, 3.05) is 0 Å². The lowest BCUT2D eigenvalue weighted by atomic mass is 10.0. The highest BCUT2D eigenvalue weighted by molar-refractivity contribution is 5.94. The standard InChI is InChI=1S/C13H23N5/c1-9(2)16-17-13(15-10(3)14)18-11-5-4-6-12(18)8-7-11/h11-12H,4-8H2,1-3H3,(H2,14,15,17)/t11-,12?/m1/s1. The molecule has 2 rings (SSSR count). The summed E-state index contributed by atoms with van der Waals surface area (Å²) in [6, 6.07) is 1.17. The van der Waals surface area contributed by atoms with E-state index in [0.717, 1.165) is 11.7 Å². The molecule has 0 amide bonds. The van der Waals surface area contributed by atoms with E-state index in [4.69, 9.17) is 5.41 Å². The van der Waals surface area contributed by atoms with Gasteiger partial charge in [-0.3, -0.25) is 5.41 Å². The quantitative estimate of drug-likeness (QED) is 0.425. The van der Waals surface area contributed by atoms with Crippen LogP contribution in [0.25, 0.3) is 0 Å².